The van der Waals surface area contributed by atoms with Crippen LogP contribution in [0.2, 0.25) is 0 Å². The lowest BCUT2D eigenvalue weighted by atomic mass is 9.93. The fraction of sp³-hybridized carbons (Fsp3) is 0.0208. The standard InChI is InChI=1S/C48H31N3/c1-2-15-31(16-3-1)42-29-43(41-28-32-17-5-6-18-33(32)35-20-8-9-21-36(35)41)50-48(49-42)51-44-25-13-12-24-40(44)46-45-34-19-7-4-14-30(34)26-27-38(45)37-22-10-11-23-39(37)47(46)51/h1-29,42H,(H,49,50). The molecule has 0 radical (unpaired) electrons. The summed E-state index contributed by atoms with van der Waals surface area (Å²) in [6.45, 7) is 0. The number of rotatable bonds is 2. The topological polar surface area (TPSA) is 29.3 Å². The lowest BCUT2D eigenvalue weighted by molar-refractivity contribution is 0.761. The van der Waals surface area contributed by atoms with Crippen LogP contribution in [0.3, 0.4) is 0 Å². The van der Waals surface area contributed by atoms with Crippen molar-refractivity contribution >= 4 is 87.3 Å². The maximum atomic E-state index is 5.61. The molecule has 0 saturated heterocycles. The van der Waals surface area contributed by atoms with Crippen LogP contribution in [0.25, 0.3) is 81.4 Å². The number of para-hydroxylation sites is 1. The molecule has 9 aromatic carbocycles. The Morgan fingerprint density at radius 2 is 1.06 bits per heavy atom. The van der Waals surface area contributed by atoms with Crippen LogP contribution in [0, 0.1) is 0 Å². The normalized spacial score (nSPS) is 14.9. The van der Waals surface area contributed by atoms with Crippen molar-refractivity contribution < 1.29 is 0 Å². The molecule has 1 N–H and O–H groups in total. The summed E-state index contributed by atoms with van der Waals surface area (Å²) in [5.74, 6) is 0.814. The van der Waals surface area contributed by atoms with Crippen molar-refractivity contribution in [2.75, 3.05) is 0 Å². The van der Waals surface area contributed by atoms with Gasteiger partial charge in [-0.15, -0.1) is 0 Å². The van der Waals surface area contributed by atoms with Crippen LogP contribution in [0.5, 0.6) is 0 Å². The summed E-state index contributed by atoms with van der Waals surface area (Å²) in [5, 5.41) is 18.8. The molecule has 11 rings (SSSR count). The van der Waals surface area contributed by atoms with E-state index in [1.165, 1.54) is 75.7 Å². The van der Waals surface area contributed by atoms with Gasteiger partial charge in [0, 0.05) is 27.1 Å². The summed E-state index contributed by atoms with van der Waals surface area (Å²) < 4.78 is 2.39. The number of fused-ring (bicyclic) bond motifs is 13. The lowest BCUT2D eigenvalue weighted by Crippen LogP contribution is -2.35. The predicted molar refractivity (Wildman–Crippen MR) is 217 cm³/mol. The second-order valence-electron chi connectivity index (χ2n) is 13.5. The van der Waals surface area contributed by atoms with Crippen LogP contribution < -0.4 is 5.32 Å². The van der Waals surface area contributed by atoms with Crippen LogP contribution in [0.4, 0.5) is 0 Å². The number of hydrogen-bond acceptors (Lipinski definition) is 2. The smallest absolute Gasteiger partial charge is 0.209 e. The average Bonchev–Trinajstić information content (AvgIpc) is 3.56. The highest BCUT2D eigenvalue weighted by Gasteiger charge is 2.26. The van der Waals surface area contributed by atoms with E-state index in [0.29, 0.717) is 0 Å². The molecule has 2 heterocycles. The van der Waals surface area contributed by atoms with E-state index in [4.69, 9.17) is 4.99 Å². The number of benzene rings is 9. The maximum Gasteiger partial charge on any atom is 0.209 e. The van der Waals surface area contributed by atoms with Gasteiger partial charge in [-0.3, -0.25) is 4.57 Å². The van der Waals surface area contributed by atoms with Crippen molar-refractivity contribution in [1.82, 2.24) is 9.88 Å². The van der Waals surface area contributed by atoms with Gasteiger partial charge in [-0.05, 0) is 66.9 Å². The summed E-state index contributed by atoms with van der Waals surface area (Å²) in [6, 6.07) is 61.4. The predicted octanol–water partition coefficient (Wildman–Crippen LogP) is 12.2. The quantitative estimate of drug-likeness (QED) is 0.186. The van der Waals surface area contributed by atoms with Gasteiger partial charge in [0.25, 0.3) is 0 Å². The lowest BCUT2D eigenvalue weighted by Gasteiger charge is -2.26. The molecule has 0 spiro atoms. The number of nitrogens with one attached hydrogen (secondary N) is 1. The molecule has 1 aliphatic rings. The Morgan fingerprint density at radius 3 is 1.86 bits per heavy atom. The Labute approximate surface area is 294 Å². The first-order chi connectivity index (χ1) is 25.3. The zero-order valence-electron chi connectivity index (χ0n) is 27.7. The first-order valence-corrected chi connectivity index (χ1v) is 17.6. The van der Waals surface area contributed by atoms with Crippen molar-refractivity contribution in [2.45, 2.75) is 6.04 Å². The number of aliphatic imine (C=N–C) groups is 1. The van der Waals surface area contributed by atoms with Crippen molar-refractivity contribution in [1.29, 1.82) is 0 Å². The molecular formula is C48H31N3. The zero-order valence-corrected chi connectivity index (χ0v) is 27.7. The van der Waals surface area contributed by atoms with E-state index in [1.54, 1.807) is 0 Å². The van der Waals surface area contributed by atoms with Gasteiger partial charge in [0.2, 0.25) is 5.96 Å². The molecule has 10 aromatic rings. The van der Waals surface area contributed by atoms with Gasteiger partial charge in [-0.2, -0.15) is 0 Å². The summed E-state index contributed by atoms with van der Waals surface area (Å²) in [4.78, 5) is 5.61. The van der Waals surface area contributed by atoms with Gasteiger partial charge < -0.3 is 5.32 Å². The van der Waals surface area contributed by atoms with Crippen molar-refractivity contribution in [3.8, 4) is 0 Å². The van der Waals surface area contributed by atoms with Crippen LogP contribution in [-0.2, 0) is 0 Å². The SMILES string of the molecule is C1=C(c2cc3ccccc3c3ccccc23)N=C(n2c3ccccc3c3c4c5ccccc5ccc4c4ccccc4c32)NC1c1ccccc1. The Kier molecular flexibility index (Phi) is 6.02. The van der Waals surface area contributed by atoms with Gasteiger partial charge in [-0.25, -0.2) is 4.99 Å². The fourth-order valence-electron chi connectivity index (χ4n) is 8.55. The van der Waals surface area contributed by atoms with E-state index in [9.17, 15) is 0 Å². The molecule has 3 heteroatoms. The minimum Gasteiger partial charge on any atom is -0.345 e. The first kappa shape index (κ1) is 28.2. The zero-order chi connectivity index (χ0) is 33.5. The fourth-order valence-corrected chi connectivity index (χ4v) is 8.55. The van der Waals surface area contributed by atoms with E-state index in [0.717, 1.165) is 22.7 Å². The Morgan fingerprint density at radius 1 is 0.451 bits per heavy atom. The number of hydrogen-bond donors (Lipinski definition) is 1. The van der Waals surface area contributed by atoms with Gasteiger partial charge >= 0.3 is 0 Å². The molecule has 0 bridgehead atoms. The summed E-state index contributed by atoms with van der Waals surface area (Å²) >= 11 is 0. The number of nitrogens with zero attached hydrogens (tertiary/aromatic N) is 2. The molecule has 51 heavy (non-hydrogen) atoms. The molecule has 238 valence electrons. The Balaban J connectivity index is 1.28. The van der Waals surface area contributed by atoms with Crippen LogP contribution >= 0.6 is 0 Å². The largest absolute Gasteiger partial charge is 0.345 e. The van der Waals surface area contributed by atoms with Crippen LogP contribution in [-0.4, -0.2) is 10.5 Å². The second kappa shape index (κ2) is 10.9. The van der Waals surface area contributed by atoms with E-state index in [-0.39, 0.29) is 6.04 Å². The second-order valence-corrected chi connectivity index (χ2v) is 13.5. The molecule has 0 fully saturated rings. The Bertz CT molecular complexity index is 3110. The summed E-state index contributed by atoms with van der Waals surface area (Å²) in [6.07, 6.45) is 2.30. The Hall–Kier alpha value is -6.71. The average molecular weight is 650 g/mol. The molecule has 0 aliphatic carbocycles. The highest BCUT2D eigenvalue weighted by atomic mass is 15.2. The molecular weight excluding hydrogens is 619 g/mol. The van der Waals surface area contributed by atoms with E-state index in [2.05, 4.69) is 186 Å². The molecule has 3 nitrogen and oxygen atoms in total. The highest BCUT2D eigenvalue weighted by Crippen LogP contribution is 2.44. The van der Waals surface area contributed by atoms with Gasteiger partial charge in [0.15, 0.2) is 0 Å². The first-order valence-electron chi connectivity index (χ1n) is 17.6. The third kappa shape index (κ3) is 4.15. The minimum absolute atomic E-state index is 0.0947. The molecule has 1 unspecified atom stereocenters. The molecule has 1 aromatic heterocycles. The molecule has 0 saturated carbocycles. The van der Waals surface area contributed by atoms with E-state index >= 15 is 0 Å². The van der Waals surface area contributed by atoms with Gasteiger partial charge in [-0.1, -0.05) is 158 Å². The molecule has 0 amide bonds. The summed E-state index contributed by atoms with van der Waals surface area (Å²) in [5.41, 5.74) is 5.57. The molecule has 1 atom stereocenters. The maximum absolute atomic E-state index is 5.61. The minimum atomic E-state index is -0.0947. The van der Waals surface area contributed by atoms with E-state index in [1.807, 2.05) is 0 Å². The van der Waals surface area contributed by atoms with Crippen molar-refractivity contribution in [3.63, 3.8) is 0 Å². The van der Waals surface area contributed by atoms with Crippen molar-refractivity contribution in [3.05, 3.63) is 187 Å². The molecule has 1 aliphatic heterocycles. The van der Waals surface area contributed by atoms with Crippen molar-refractivity contribution in [2.24, 2.45) is 4.99 Å². The van der Waals surface area contributed by atoms with E-state index < -0.39 is 0 Å². The van der Waals surface area contributed by atoms with Crippen LogP contribution in [0.1, 0.15) is 17.2 Å². The number of aromatic nitrogens is 1. The highest BCUT2D eigenvalue weighted by molar-refractivity contribution is 6.38. The van der Waals surface area contributed by atoms with Gasteiger partial charge in [0.1, 0.15) is 0 Å². The monoisotopic (exact) mass is 649 g/mol. The third-order valence-corrected chi connectivity index (χ3v) is 10.8. The summed E-state index contributed by atoms with van der Waals surface area (Å²) in [7, 11) is 0. The van der Waals surface area contributed by atoms with Gasteiger partial charge in [0.05, 0.1) is 22.8 Å². The van der Waals surface area contributed by atoms with Crippen LogP contribution in [0.15, 0.2) is 181 Å². The third-order valence-electron chi connectivity index (χ3n) is 10.8.